The van der Waals surface area contributed by atoms with Gasteiger partial charge in [-0.3, -0.25) is 0 Å². The molecule has 0 saturated carbocycles. The minimum atomic E-state index is -0.137. The standard InChI is InChI=1S/C11H14ClNO/c1-11(4-5-13)7-8-2-3-9(12)6-10(8)14-11/h2-3,6H,4-5,7,13H2,1H3. The number of hydrogen-bond acceptors (Lipinski definition) is 2. The maximum absolute atomic E-state index is 5.89. The average Bonchev–Trinajstić information content (AvgIpc) is 2.40. The molecule has 1 aromatic rings. The highest BCUT2D eigenvalue weighted by Gasteiger charge is 2.33. The summed E-state index contributed by atoms with van der Waals surface area (Å²) in [5.41, 5.74) is 6.64. The highest BCUT2D eigenvalue weighted by Crippen LogP contribution is 2.37. The Morgan fingerprint density at radius 2 is 2.36 bits per heavy atom. The van der Waals surface area contributed by atoms with E-state index in [1.165, 1.54) is 5.56 Å². The Labute approximate surface area is 89.0 Å². The number of rotatable bonds is 2. The highest BCUT2D eigenvalue weighted by atomic mass is 35.5. The summed E-state index contributed by atoms with van der Waals surface area (Å²) in [6.07, 6.45) is 1.80. The predicted molar refractivity (Wildman–Crippen MR) is 57.9 cm³/mol. The second-order valence-electron chi connectivity index (χ2n) is 4.02. The fraction of sp³-hybridized carbons (Fsp3) is 0.455. The fourth-order valence-electron chi connectivity index (χ4n) is 1.92. The van der Waals surface area contributed by atoms with Gasteiger partial charge in [0.1, 0.15) is 11.4 Å². The topological polar surface area (TPSA) is 35.2 Å². The highest BCUT2D eigenvalue weighted by molar-refractivity contribution is 6.30. The summed E-state index contributed by atoms with van der Waals surface area (Å²) in [7, 11) is 0. The number of fused-ring (bicyclic) bond motifs is 1. The second-order valence-corrected chi connectivity index (χ2v) is 4.46. The van der Waals surface area contributed by atoms with Crippen LogP contribution in [0.15, 0.2) is 18.2 Å². The molecule has 0 bridgehead atoms. The van der Waals surface area contributed by atoms with Crippen LogP contribution in [0, 0.1) is 0 Å². The zero-order valence-electron chi connectivity index (χ0n) is 8.22. The Morgan fingerprint density at radius 1 is 1.57 bits per heavy atom. The third kappa shape index (κ3) is 1.72. The molecule has 0 fully saturated rings. The summed E-state index contributed by atoms with van der Waals surface area (Å²) in [5.74, 6) is 0.911. The van der Waals surface area contributed by atoms with E-state index in [9.17, 15) is 0 Å². The van der Waals surface area contributed by atoms with Gasteiger partial charge in [-0.2, -0.15) is 0 Å². The maximum Gasteiger partial charge on any atom is 0.124 e. The van der Waals surface area contributed by atoms with Crippen molar-refractivity contribution >= 4 is 11.6 Å². The molecule has 0 aliphatic carbocycles. The van der Waals surface area contributed by atoms with E-state index in [0.29, 0.717) is 6.54 Å². The van der Waals surface area contributed by atoms with E-state index in [0.717, 1.165) is 23.6 Å². The molecule has 0 aromatic heterocycles. The van der Waals surface area contributed by atoms with Gasteiger partial charge in [0.25, 0.3) is 0 Å². The summed E-state index contributed by atoms with van der Waals surface area (Å²) in [4.78, 5) is 0. The molecule has 0 radical (unpaired) electrons. The first-order valence-corrected chi connectivity index (χ1v) is 5.18. The van der Waals surface area contributed by atoms with Crippen LogP contribution in [0.5, 0.6) is 5.75 Å². The zero-order chi connectivity index (χ0) is 10.2. The number of hydrogen-bond donors (Lipinski definition) is 1. The Bertz CT molecular complexity index is 353. The van der Waals surface area contributed by atoms with Crippen LogP contribution in [0.4, 0.5) is 0 Å². The molecule has 1 heterocycles. The number of ether oxygens (including phenoxy) is 1. The molecule has 2 rings (SSSR count). The van der Waals surface area contributed by atoms with Crippen LogP contribution in [0.1, 0.15) is 18.9 Å². The molecule has 2 N–H and O–H groups in total. The van der Waals surface area contributed by atoms with E-state index < -0.39 is 0 Å². The molecule has 2 nitrogen and oxygen atoms in total. The van der Waals surface area contributed by atoms with Gasteiger partial charge in [0.15, 0.2) is 0 Å². The normalized spacial score (nSPS) is 24.5. The Kier molecular flexibility index (Phi) is 2.41. The van der Waals surface area contributed by atoms with Gasteiger partial charge in [-0.05, 0) is 37.6 Å². The maximum atomic E-state index is 5.89. The zero-order valence-corrected chi connectivity index (χ0v) is 8.97. The molecule has 76 valence electrons. The molecule has 1 aromatic carbocycles. The van der Waals surface area contributed by atoms with Crippen LogP contribution in [-0.2, 0) is 6.42 Å². The van der Waals surface area contributed by atoms with Gasteiger partial charge in [-0.1, -0.05) is 17.7 Å². The van der Waals surface area contributed by atoms with Crippen LogP contribution in [0.2, 0.25) is 5.02 Å². The van der Waals surface area contributed by atoms with Gasteiger partial charge in [0.05, 0.1) is 0 Å². The largest absolute Gasteiger partial charge is 0.487 e. The lowest BCUT2D eigenvalue weighted by molar-refractivity contribution is 0.109. The Morgan fingerprint density at radius 3 is 3.07 bits per heavy atom. The van der Waals surface area contributed by atoms with Gasteiger partial charge in [-0.15, -0.1) is 0 Å². The lowest BCUT2D eigenvalue weighted by Crippen LogP contribution is -2.32. The summed E-state index contributed by atoms with van der Waals surface area (Å²) >= 11 is 5.89. The van der Waals surface area contributed by atoms with Gasteiger partial charge < -0.3 is 10.5 Å². The number of halogens is 1. The Balaban J connectivity index is 2.25. The van der Waals surface area contributed by atoms with Crippen LogP contribution in [0.25, 0.3) is 0 Å². The van der Waals surface area contributed by atoms with Crippen LogP contribution in [0.3, 0.4) is 0 Å². The first-order valence-electron chi connectivity index (χ1n) is 4.80. The molecule has 3 heteroatoms. The van der Waals surface area contributed by atoms with E-state index in [1.54, 1.807) is 0 Å². The molecule has 1 unspecified atom stereocenters. The first-order chi connectivity index (χ1) is 6.63. The van der Waals surface area contributed by atoms with Crippen molar-refractivity contribution in [2.75, 3.05) is 6.54 Å². The summed E-state index contributed by atoms with van der Waals surface area (Å²) in [5, 5.41) is 0.723. The van der Waals surface area contributed by atoms with Crippen molar-refractivity contribution in [3.63, 3.8) is 0 Å². The minimum absolute atomic E-state index is 0.137. The SMILES string of the molecule is CC1(CCN)Cc2ccc(Cl)cc2O1. The summed E-state index contributed by atoms with van der Waals surface area (Å²) < 4.78 is 5.85. The van der Waals surface area contributed by atoms with Gasteiger partial charge >= 0.3 is 0 Å². The van der Waals surface area contributed by atoms with E-state index in [1.807, 2.05) is 18.2 Å². The van der Waals surface area contributed by atoms with Crippen molar-refractivity contribution < 1.29 is 4.74 Å². The monoisotopic (exact) mass is 211 g/mol. The molecular formula is C11H14ClNO. The third-order valence-electron chi connectivity index (χ3n) is 2.62. The van der Waals surface area contributed by atoms with E-state index in [-0.39, 0.29) is 5.60 Å². The lowest BCUT2D eigenvalue weighted by Gasteiger charge is -2.22. The van der Waals surface area contributed by atoms with Crippen molar-refractivity contribution in [1.82, 2.24) is 0 Å². The number of nitrogens with two attached hydrogens (primary N) is 1. The molecule has 1 atom stereocenters. The fourth-order valence-corrected chi connectivity index (χ4v) is 2.08. The van der Waals surface area contributed by atoms with Crippen LogP contribution >= 0.6 is 11.6 Å². The number of benzene rings is 1. The van der Waals surface area contributed by atoms with Gasteiger partial charge in [-0.25, -0.2) is 0 Å². The van der Waals surface area contributed by atoms with E-state index in [4.69, 9.17) is 22.1 Å². The van der Waals surface area contributed by atoms with E-state index >= 15 is 0 Å². The van der Waals surface area contributed by atoms with Crippen molar-refractivity contribution in [1.29, 1.82) is 0 Å². The molecule has 0 spiro atoms. The van der Waals surface area contributed by atoms with Crippen molar-refractivity contribution in [3.8, 4) is 5.75 Å². The predicted octanol–water partition coefficient (Wildman–Crippen LogP) is 2.38. The quantitative estimate of drug-likeness (QED) is 0.816. The van der Waals surface area contributed by atoms with Crippen molar-refractivity contribution in [2.45, 2.75) is 25.4 Å². The molecule has 0 amide bonds. The lowest BCUT2D eigenvalue weighted by atomic mass is 9.96. The van der Waals surface area contributed by atoms with Gasteiger partial charge in [0, 0.05) is 11.4 Å². The summed E-state index contributed by atoms with van der Waals surface area (Å²) in [6, 6.07) is 5.80. The summed E-state index contributed by atoms with van der Waals surface area (Å²) in [6.45, 7) is 2.74. The van der Waals surface area contributed by atoms with Gasteiger partial charge in [0.2, 0.25) is 0 Å². The molecule has 14 heavy (non-hydrogen) atoms. The smallest absolute Gasteiger partial charge is 0.124 e. The molecular weight excluding hydrogens is 198 g/mol. The first kappa shape index (κ1) is 9.81. The van der Waals surface area contributed by atoms with Crippen molar-refractivity contribution in [3.05, 3.63) is 28.8 Å². The second kappa shape index (κ2) is 3.44. The third-order valence-corrected chi connectivity index (χ3v) is 2.86. The van der Waals surface area contributed by atoms with Crippen LogP contribution in [-0.4, -0.2) is 12.1 Å². The van der Waals surface area contributed by atoms with E-state index in [2.05, 4.69) is 6.92 Å². The Hall–Kier alpha value is -0.730. The minimum Gasteiger partial charge on any atom is -0.487 e. The molecule has 0 saturated heterocycles. The molecule has 1 aliphatic rings. The van der Waals surface area contributed by atoms with Crippen LogP contribution < -0.4 is 10.5 Å². The van der Waals surface area contributed by atoms with Crippen molar-refractivity contribution in [2.24, 2.45) is 5.73 Å². The molecule has 1 aliphatic heterocycles. The average molecular weight is 212 g/mol.